The van der Waals surface area contributed by atoms with E-state index in [0.717, 1.165) is 39.3 Å². The molecular formula is C32H26N6OS. The van der Waals surface area contributed by atoms with Crippen LogP contribution in [0.25, 0.3) is 38.4 Å². The van der Waals surface area contributed by atoms with Gasteiger partial charge in [-0.1, -0.05) is 78.4 Å². The van der Waals surface area contributed by atoms with Crippen LogP contribution >= 0.6 is 11.3 Å². The number of aromatic nitrogens is 3. The number of aryl methyl sites for hydroxylation is 2. The van der Waals surface area contributed by atoms with E-state index in [0.29, 0.717) is 20.9 Å². The van der Waals surface area contributed by atoms with Gasteiger partial charge in [-0.15, -0.1) is 11.3 Å². The summed E-state index contributed by atoms with van der Waals surface area (Å²) in [5.41, 5.74) is 16.7. The van der Waals surface area contributed by atoms with E-state index in [9.17, 15) is 4.79 Å². The van der Waals surface area contributed by atoms with Crippen LogP contribution in [0.2, 0.25) is 0 Å². The summed E-state index contributed by atoms with van der Waals surface area (Å²) in [6.07, 6.45) is 3.11. The zero-order chi connectivity index (χ0) is 27.6. The maximum Gasteiger partial charge on any atom is 0.281 e. The van der Waals surface area contributed by atoms with Crippen molar-refractivity contribution in [2.75, 3.05) is 5.73 Å². The van der Waals surface area contributed by atoms with Crippen molar-refractivity contribution in [3.8, 4) is 28.2 Å². The first kappa shape index (κ1) is 25.2. The number of hydrogen-bond donors (Lipinski definition) is 2. The number of fused-ring (bicyclic) bond motifs is 1. The molecule has 8 heteroatoms. The predicted molar refractivity (Wildman–Crippen MR) is 163 cm³/mol. The Morgan fingerprint density at radius 3 is 2.27 bits per heavy atom. The van der Waals surface area contributed by atoms with Crippen molar-refractivity contribution in [1.82, 2.24) is 20.0 Å². The summed E-state index contributed by atoms with van der Waals surface area (Å²) in [4.78, 5) is 22.6. The van der Waals surface area contributed by atoms with E-state index in [1.54, 1.807) is 6.21 Å². The molecule has 7 nitrogen and oxygen atoms in total. The summed E-state index contributed by atoms with van der Waals surface area (Å²) in [5, 5.41) is 5.10. The number of anilines is 1. The highest BCUT2D eigenvalue weighted by atomic mass is 32.1. The molecule has 196 valence electrons. The number of hydrogen-bond acceptors (Lipinski definition) is 6. The fourth-order valence-corrected chi connectivity index (χ4v) is 5.88. The molecule has 3 heterocycles. The molecule has 0 atom stereocenters. The minimum absolute atomic E-state index is 0.321. The molecule has 0 bridgehead atoms. The lowest BCUT2D eigenvalue weighted by molar-refractivity contribution is 0.0958. The number of nitrogen functional groups attached to an aromatic ring is 1. The van der Waals surface area contributed by atoms with Gasteiger partial charge < -0.3 is 10.3 Å². The standard InChI is InChI=1S/C32H26N6OS/c1-20-13-15-25(16-14-20)38-26(22-9-5-3-6-10-22)17-24(28(38)23-11-7-4-8-12-23)18-36-37-31(39)29-21(2)27-30(33)34-19-35-32(27)40-29/h3-19H,1-2H3,(H,37,39)(H2,33,34,35)/b36-18-. The Labute approximate surface area is 235 Å². The van der Waals surface area contributed by atoms with Gasteiger partial charge in [-0.3, -0.25) is 4.79 Å². The molecule has 3 aromatic heterocycles. The molecular weight excluding hydrogens is 516 g/mol. The topological polar surface area (TPSA) is 98.2 Å². The summed E-state index contributed by atoms with van der Waals surface area (Å²) in [6.45, 7) is 3.92. The first-order valence-electron chi connectivity index (χ1n) is 12.8. The minimum atomic E-state index is -0.321. The lowest BCUT2D eigenvalue weighted by Crippen LogP contribution is -2.17. The van der Waals surface area contributed by atoms with Gasteiger partial charge in [0.2, 0.25) is 0 Å². The minimum Gasteiger partial charge on any atom is -0.383 e. The summed E-state index contributed by atoms with van der Waals surface area (Å²) in [7, 11) is 0. The molecule has 0 unspecified atom stereocenters. The van der Waals surface area contributed by atoms with Crippen molar-refractivity contribution in [3.63, 3.8) is 0 Å². The van der Waals surface area contributed by atoms with Gasteiger partial charge in [0.05, 0.1) is 27.9 Å². The predicted octanol–water partition coefficient (Wildman–Crippen LogP) is 6.78. The van der Waals surface area contributed by atoms with Gasteiger partial charge in [0.25, 0.3) is 5.91 Å². The van der Waals surface area contributed by atoms with Crippen LogP contribution in [0.1, 0.15) is 26.4 Å². The third-order valence-corrected chi connectivity index (χ3v) is 7.97. The largest absolute Gasteiger partial charge is 0.383 e. The van der Waals surface area contributed by atoms with Crippen molar-refractivity contribution in [2.45, 2.75) is 13.8 Å². The van der Waals surface area contributed by atoms with Crippen LogP contribution in [0.3, 0.4) is 0 Å². The van der Waals surface area contributed by atoms with Gasteiger partial charge in [-0.2, -0.15) is 5.10 Å². The number of nitrogens with one attached hydrogen (secondary N) is 1. The van der Waals surface area contributed by atoms with E-state index < -0.39 is 0 Å². The van der Waals surface area contributed by atoms with Crippen LogP contribution in [-0.4, -0.2) is 26.7 Å². The lowest BCUT2D eigenvalue weighted by atomic mass is 10.1. The molecule has 0 aliphatic heterocycles. The van der Waals surface area contributed by atoms with Gasteiger partial charge in [-0.25, -0.2) is 15.4 Å². The number of nitrogens with two attached hydrogens (primary N) is 1. The van der Waals surface area contributed by atoms with Crippen molar-refractivity contribution >= 4 is 39.5 Å². The number of thiophene rings is 1. The van der Waals surface area contributed by atoms with Crippen LogP contribution < -0.4 is 11.2 Å². The van der Waals surface area contributed by atoms with E-state index in [4.69, 9.17) is 5.73 Å². The van der Waals surface area contributed by atoms with Crippen molar-refractivity contribution < 1.29 is 4.79 Å². The maximum absolute atomic E-state index is 13.1. The molecule has 0 fully saturated rings. The second-order valence-electron chi connectivity index (χ2n) is 9.43. The summed E-state index contributed by atoms with van der Waals surface area (Å²) >= 11 is 1.27. The van der Waals surface area contributed by atoms with Gasteiger partial charge in [0.1, 0.15) is 17.0 Å². The van der Waals surface area contributed by atoms with E-state index >= 15 is 0 Å². The number of hydrazone groups is 1. The highest BCUT2D eigenvalue weighted by Gasteiger charge is 2.20. The van der Waals surface area contributed by atoms with Crippen LogP contribution in [0.15, 0.2) is 102 Å². The van der Waals surface area contributed by atoms with Crippen molar-refractivity contribution in [2.24, 2.45) is 5.10 Å². The van der Waals surface area contributed by atoms with Gasteiger partial charge >= 0.3 is 0 Å². The number of benzene rings is 3. The molecule has 0 aliphatic carbocycles. The van der Waals surface area contributed by atoms with Gasteiger partial charge in [0.15, 0.2) is 0 Å². The fraction of sp³-hybridized carbons (Fsp3) is 0.0625. The Bertz CT molecular complexity index is 1860. The first-order valence-corrected chi connectivity index (χ1v) is 13.6. The molecule has 6 aromatic rings. The van der Waals surface area contributed by atoms with E-state index in [1.807, 2.05) is 43.3 Å². The van der Waals surface area contributed by atoms with Crippen molar-refractivity contribution in [3.05, 3.63) is 119 Å². The molecule has 3 aromatic carbocycles. The Morgan fingerprint density at radius 1 is 0.925 bits per heavy atom. The molecule has 0 saturated heterocycles. The molecule has 0 aliphatic rings. The molecule has 40 heavy (non-hydrogen) atoms. The average Bonchev–Trinajstić information content (AvgIpc) is 3.53. The number of carbonyl (C=O) groups excluding carboxylic acids is 1. The molecule has 0 spiro atoms. The number of rotatable bonds is 6. The Hall–Kier alpha value is -5.08. The summed E-state index contributed by atoms with van der Waals surface area (Å²) in [6, 6.07) is 31.0. The molecule has 3 N–H and O–H groups in total. The highest BCUT2D eigenvalue weighted by Crippen LogP contribution is 2.36. The highest BCUT2D eigenvalue weighted by molar-refractivity contribution is 7.20. The van der Waals surface area contributed by atoms with Crippen LogP contribution in [0.5, 0.6) is 0 Å². The Morgan fingerprint density at radius 2 is 1.60 bits per heavy atom. The third kappa shape index (κ3) is 4.65. The Balaban J connectivity index is 1.44. The van der Waals surface area contributed by atoms with E-state index in [-0.39, 0.29) is 5.91 Å². The number of nitrogens with zero attached hydrogens (tertiary/aromatic N) is 4. The number of carbonyl (C=O) groups is 1. The van der Waals surface area contributed by atoms with E-state index in [2.05, 4.69) is 86.6 Å². The first-order chi connectivity index (χ1) is 19.5. The zero-order valence-corrected chi connectivity index (χ0v) is 22.8. The smallest absolute Gasteiger partial charge is 0.281 e. The zero-order valence-electron chi connectivity index (χ0n) is 22.0. The van der Waals surface area contributed by atoms with Crippen LogP contribution in [-0.2, 0) is 0 Å². The Kier molecular flexibility index (Phi) is 6.67. The van der Waals surface area contributed by atoms with Gasteiger partial charge in [-0.05, 0) is 48.7 Å². The maximum atomic E-state index is 13.1. The third-order valence-electron chi connectivity index (χ3n) is 6.77. The van der Waals surface area contributed by atoms with Crippen LogP contribution in [0, 0.1) is 13.8 Å². The van der Waals surface area contributed by atoms with Crippen molar-refractivity contribution in [1.29, 1.82) is 0 Å². The van der Waals surface area contributed by atoms with Gasteiger partial charge in [0, 0.05) is 11.3 Å². The quantitative estimate of drug-likeness (QED) is 0.179. The normalized spacial score (nSPS) is 11.3. The molecule has 1 amide bonds. The summed E-state index contributed by atoms with van der Waals surface area (Å²) < 4.78 is 2.24. The lowest BCUT2D eigenvalue weighted by Gasteiger charge is -2.15. The number of amides is 1. The second-order valence-corrected chi connectivity index (χ2v) is 10.4. The summed E-state index contributed by atoms with van der Waals surface area (Å²) in [5.74, 6) is 0.0401. The molecule has 0 radical (unpaired) electrons. The second kappa shape index (κ2) is 10.6. The molecule has 6 rings (SSSR count). The van der Waals surface area contributed by atoms with Crippen LogP contribution in [0.4, 0.5) is 5.82 Å². The van der Waals surface area contributed by atoms with E-state index in [1.165, 1.54) is 23.2 Å². The fourth-order valence-electron chi connectivity index (χ4n) is 4.83. The average molecular weight is 543 g/mol. The molecule has 0 saturated carbocycles. The SMILES string of the molecule is Cc1ccc(-n2c(-c3ccccc3)cc(/C=N\NC(=O)c3sc4ncnc(N)c4c3C)c2-c2ccccc2)cc1. The monoisotopic (exact) mass is 542 g/mol.